The monoisotopic (exact) mass is 316 g/mol. The van der Waals surface area contributed by atoms with Gasteiger partial charge in [0, 0.05) is 0 Å². The van der Waals surface area contributed by atoms with Gasteiger partial charge in [0.05, 0.1) is 0 Å². The lowest BCUT2D eigenvalue weighted by Gasteiger charge is -2.07. The van der Waals surface area contributed by atoms with E-state index in [1.807, 2.05) is 27.7 Å². The van der Waals surface area contributed by atoms with Gasteiger partial charge in [-0.25, -0.2) is 0 Å². The SMILES string of the molecule is CC.CC.Cc1cccc2cc3cc(C4=CCC=C4)ccc3cc12. The second kappa shape index (κ2) is 8.49. The molecule has 0 aromatic heterocycles. The lowest BCUT2D eigenvalue weighted by Crippen LogP contribution is -1.83. The van der Waals surface area contributed by atoms with E-state index < -0.39 is 0 Å². The van der Waals surface area contributed by atoms with Gasteiger partial charge in [-0.2, -0.15) is 0 Å². The molecule has 0 heteroatoms. The molecule has 24 heavy (non-hydrogen) atoms. The summed E-state index contributed by atoms with van der Waals surface area (Å²) in [6.45, 7) is 10.2. The molecule has 4 rings (SSSR count). The van der Waals surface area contributed by atoms with Gasteiger partial charge in [0.25, 0.3) is 0 Å². The van der Waals surface area contributed by atoms with E-state index in [-0.39, 0.29) is 0 Å². The number of aryl methyl sites for hydroxylation is 1. The molecule has 0 bridgehead atoms. The summed E-state index contributed by atoms with van der Waals surface area (Å²) in [6.07, 6.45) is 7.77. The van der Waals surface area contributed by atoms with Crippen molar-refractivity contribution in [2.24, 2.45) is 0 Å². The molecule has 0 nitrogen and oxygen atoms in total. The third kappa shape index (κ3) is 3.59. The molecule has 0 amide bonds. The van der Waals surface area contributed by atoms with Crippen molar-refractivity contribution in [3.63, 3.8) is 0 Å². The Labute approximate surface area is 146 Å². The van der Waals surface area contributed by atoms with E-state index >= 15 is 0 Å². The molecule has 0 N–H and O–H groups in total. The van der Waals surface area contributed by atoms with Crippen molar-refractivity contribution in [3.05, 3.63) is 77.9 Å². The molecule has 1 aliphatic carbocycles. The predicted octanol–water partition coefficient (Wildman–Crippen LogP) is 7.70. The molecule has 0 saturated heterocycles. The van der Waals surface area contributed by atoms with Crippen LogP contribution in [0.3, 0.4) is 0 Å². The summed E-state index contributed by atoms with van der Waals surface area (Å²) in [5.74, 6) is 0. The van der Waals surface area contributed by atoms with Gasteiger partial charge in [0.15, 0.2) is 0 Å². The molecule has 124 valence electrons. The lowest BCUT2D eigenvalue weighted by atomic mass is 9.97. The van der Waals surface area contributed by atoms with Gasteiger partial charge in [-0.3, -0.25) is 0 Å². The first kappa shape index (κ1) is 18.0. The van der Waals surface area contributed by atoms with Gasteiger partial charge in [0.1, 0.15) is 0 Å². The van der Waals surface area contributed by atoms with Crippen LogP contribution in [0, 0.1) is 6.92 Å². The van der Waals surface area contributed by atoms with E-state index in [4.69, 9.17) is 0 Å². The fourth-order valence-electron chi connectivity index (χ4n) is 3.03. The quantitative estimate of drug-likeness (QED) is 0.403. The predicted molar refractivity (Wildman–Crippen MR) is 111 cm³/mol. The topological polar surface area (TPSA) is 0 Å². The molecule has 0 unspecified atom stereocenters. The van der Waals surface area contributed by atoms with Gasteiger partial charge in [0.2, 0.25) is 0 Å². The van der Waals surface area contributed by atoms with Crippen LogP contribution in [0.25, 0.3) is 27.1 Å². The molecule has 0 spiro atoms. The van der Waals surface area contributed by atoms with Crippen molar-refractivity contribution >= 4 is 27.1 Å². The number of hydrogen-bond donors (Lipinski definition) is 0. The van der Waals surface area contributed by atoms with Crippen LogP contribution in [0.15, 0.2) is 66.8 Å². The first-order valence-corrected chi connectivity index (χ1v) is 9.11. The first-order chi connectivity index (χ1) is 11.8. The van der Waals surface area contributed by atoms with E-state index in [1.165, 1.54) is 38.2 Å². The van der Waals surface area contributed by atoms with Crippen LogP contribution in [0.1, 0.15) is 45.2 Å². The summed E-state index contributed by atoms with van der Waals surface area (Å²) in [6, 6.07) is 17.9. The Hall–Kier alpha value is -2.34. The van der Waals surface area contributed by atoms with Crippen LogP contribution in [0.5, 0.6) is 0 Å². The highest BCUT2D eigenvalue weighted by Gasteiger charge is 2.05. The van der Waals surface area contributed by atoms with Gasteiger partial charge in [-0.1, -0.05) is 76.3 Å². The summed E-state index contributed by atoms with van der Waals surface area (Å²) in [7, 11) is 0. The molecule has 0 atom stereocenters. The van der Waals surface area contributed by atoms with Crippen molar-refractivity contribution in [1.82, 2.24) is 0 Å². The van der Waals surface area contributed by atoms with Crippen molar-refractivity contribution in [2.75, 3.05) is 0 Å². The Bertz CT molecular complexity index is 879. The Morgan fingerprint density at radius 1 is 0.750 bits per heavy atom. The zero-order chi connectivity index (χ0) is 17.5. The molecule has 3 aromatic carbocycles. The van der Waals surface area contributed by atoms with Crippen molar-refractivity contribution in [2.45, 2.75) is 41.0 Å². The van der Waals surface area contributed by atoms with E-state index in [9.17, 15) is 0 Å². The highest BCUT2D eigenvalue weighted by molar-refractivity contribution is 6.00. The molecule has 0 aliphatic heterocycles. The number of allylic oxidation sites excluding steroid dienone is 4. The molecular weight excluding hydrogens is 288 g/mol. The molecule has 3 aromatic rings. The third-order valence-corrected chi connectivity index (χ3v) is 4.16. The van der Waals surface area contributed by atoms with E-state index in [2.05, 4.69) is 73.7 Å². The Kier molecular flexibility index (Phi) is 6.37. The summed E-state index contributed by atoms with van der Waals surface area (Å²) in [5, 5.41) is 5.32. The minimum absolute atomic E-state index is 1.06. The molecule has 0 fully saturated rings. The van der Waals surface area contributed by atoms with Gasteiger partial charge >= 0.3 is 0 Å². The number of fused-ring (bicyclic) bond motifs is 2. The van der Waals surface area contributed by atoms with Crippen molar-refractivity contribution < 1.29 is 0 Å². The molecule has 0 radical (unpaired) electrons. The minimum atomic E-state index is 1.06. The third-order valence-electron chi connectivity index (χ3n) is 4.16. The fourth-order valence-corrected chi connectivity index (χ4v) is 3.03. The molecular formula is C24H28. The Balaban J connectivity index is 0.000000487. The van der Waals surface area contributed by atoms with Crippen LogP contribution in [-0.2, 0) is 0 Å². The average Bonchev–Trinajstić information content (AvgIpc) is 3.18. The van der Waals surface area contributed by atoms with Crippen LogP contribution in [-0.4, -0.2) is 0 Å². The van der Waals surface area contributed by atoms with Crippen LogP contribution >= 0.6 is 0 Å². The van der Waals surface area contributed by atoms with Crippen LogP contribution < -0.4 is 0 Å². The summed E-state index contributed by atoms with van der Waals surface area (Å²) in [5.41, 5.74) is 4.00. The summed E-state index contributed by atoms with van der Waals surface area (Å²) < 4.78 is 0. The number of benzene rings is 3. The zero-order valence-corrected chi connectivity index (χ0v) is 15.6. The summed E-state index contributed by atoms with van der Waals surface area (Å²) >= 11 is 0. The van der Waals surface area contributed by atoms with Crippen molar-refractivity contribution in [3.8, 4) is 0 Å². The van der Waals surface area contributed by atoms with Crippen LogP contribution in [0.2, 0.25) is 0 Å². The molecule has 0 heterocycles. The second-order valence-electron chi connectivity index (χ2n) is 5.51. The van der Waals surface area contributed by atoms with Gasteiger partial charge in [-0.05, 0) is 69.8 Å². The zero-order valence-electron chi connectivity index (χ0n) is 15.6. The first-order valence-electron chi connectivity index (χ1n) is 9.11. The normalized spacial score (nSPS) is 12.3. The maximum atomic E-state index is 2.31. The summed E-state index contributed by atoms with van der Waals surface area (Å²) in [4.78, 5) is 0. The van der Waals surface area contributed by atoms with Gasteiger partial charge in [-0.15, -0.1) is 0 Å². The number of hydrogen-bond acceptors (Lipinski definition) is 0. The minimum Gasteiger partial charge on any atom is -0.0801 e. The Morgan fingerprint density at radius 2 is 1.54 bits per heavy atom. The van der Waals surface area contributed by atoms with Crippen LogP contribution in [0.4, 0.5) is 0 Å². The standard InChI is InChI=1S/C20H16.2C2H6/c1-14-5-4-8-18-12-19-11-16(15-6-2-3-7-15)9-10-17(19)13-20(14)18;2*1-2/h2,4-13H,3H2,1H3;2*1-2H3. The second-order valence-corrected chi connectivity index (χ2v) is 5.51. The molecule has 1 aliphatic rings. The molecule has 0 saturated carbocycles. The maximum Gasteiger partial charge on any atom is -0.0148 e. The van der Waals surface area contributed by atoms with E-state index in [1.54, 1.807) is 0 Å². The number of rotatable bonds is 1. The highest BCUT2D eigenvalue weighted by atomic mass is 14.1. The lowest BCUT2D eigenvalue weighted by molar-refractivity contribution is 1.45. The van der Waals surface area contributed by atoms with Crippen molar-refractivity contribution in [1.29, 1.82) is 0 Å². The van der Waals surface area contributed by atoms with Gasteiger partial charge < -0.3 is 0 Å². The smallest absolute Gasteiger partial charge is 0.0148 e. The average molecular weight is 316 g/mol. The Morgan fingerprint density at radius 3 is 2.25 bits per heavy atom. The van der Waals surface area contributed by atoms with E-state index in [0.29, 0.717) is 0 Å². The largest absolute Gasteiger partial charge is 0.0801 e. The highest BCUT2D eigenvalue weighted by Crippen LogP contribution is 2.29. The fraction of sp³-hybridized carbons (Fsp3) is 0.250. The van der Waals surface area contributed by atoms with E-state index in [0.717, 1.165) is 6.42 Å². The maximum absolute atomic E-state index is 2.31.